The second-order valence-corrected chi connectivity index (χ2v) is 3.54. The van der Waals surface area contributed by atoms with Crippen molar-refractivity contribution in [3.8, 4) is 0 Å². The Labute approximate surface area is 97.8 Å². The van der Waals surface area contributed by atoms with Crippen molar-refractivity contribution in [2.45, 2.75) is 13.5 Å². The molecule has 0 aliphatic heterocycles. The third kappa shape index (κ3) is 2.81. The van der Waals surface area contributed by atoms with Gasteiger partial charge in [0.15, 0.2) is 5.69 Å². The molecule has 0 aliphatic rings. The first-order chi connectivity index (χ1) is 8.15. The van der Waals surface area contributed by atoms with E-state index in [-0.39, 0.29) is 17.4 Å². The minimum absolute atomic E-state index is 0.225. The van der Waals surface area contributed by atoms with Crippen molar-refractivity contribution < 1.29 is 9.21 Å². The van der Waals surface area contributed by atoms with Crippen molar-refractivity contribution in [2.75, 3.05) is 5.73 Å². The first-order valence-corrected chi connectivity index (χ1v) is 5.08. The normalized spacial score (nSPS) is 10.2. The molecule has 2 aromatic rings. The van der Waals surface area contributed by atoms with E-state index in [1.165, 1.54) is 12.1 Å². The van der Waals surface area contributed by atoms with Gasteiger partial charge < -0.3 is 15.5 Å². The number of rotatable bonds is 3. The van der Waals surface area contributed by atoms with Gasteiger partial charge in [0, 0.05) is 0 Å². The summed E-state index contributed by atoms with van der Waals surface area (Å²) in [7, 11) is 0. The van der Waals surface area contributed by atoms with Crippen molar-refractivity contribution >= 4 is 11.7 Å². The number of hydrogen-bond acceptors (Lipinski definition) is 5. The van der Waals surface area contributed by atoms with Gasteiger partial charge in [-0.3, -0.25) is 4.79 Å². The minimum Gasteiger partial charge on any atom is -0.465 e. The second kappa shape index (κ2) is 4.65. The predicted octanol–water partition coefficient (Wildman–Crippen LogP) is 0.890. The molecule has 0 atom stereocenters. The van der Waals surface area contributed by atoms with Gasteiger partial charge in [-0.2, -0.15) is 0 Å². The van der Waals surface area contributed by atoms with E-state index >= 15 is 0 Å². The molecule has 88 valence electrons. The molecule has 0 aromatic carbocycles. The van der Waals surface area contributed by atoms with Gasteiger partial charge in [-0.15, -0.1) is 10.2 Å². The molecule has 3 N–H and O–H groups in total. The number of nitrogens with zero attached hydrogens (tertiary/aromatic N) is 2. The fourth-order valence-electron chi connectivity index (χ4n) is 1.30. The monoisotopic (exact) mass is 232 g/mol. The van der Waals surface area contributed by atoms with E-state index in [4.69, 9.17) is 10.2 Å². The molecule has 1 amide bonds. The number of nitrogens with one attached hydrogen (secondary N) is 1. The van der Waals surface area contributed by atoms with Crippen LogP contribution in [-0.2, 0) is 6.54 Å². The van der Waals surface area contributed by atoms with Crippen LogP contribution in [0.5, 0.6) is 0 Å². The molecule has 0 fully saturated rings. The first-order valence-electron chi connectivity index (χ1n) is 5.08. The molecule has 0 radical (unpaired) electrons. The minimum atomic E-state index is -0.313. The molecular weight excluding hydrogens is 220 g/mol. The largest absolute Gasteiger partial charge is 0.465 e. The van der Waals surface area contributed by atoms with Crippen molar-refractivity contribution in [3.05, 3.63) is 41.5 Å². The zero-order chi connectivity index (χ0) is 12.3. The molecular formula is C11H12N4O2. The average molecular weight is 232 g/mol. The smallest absolute Gasteiger partial charge is 0.272 e. The van der Waals surface area contributed by atoms with E-state index in [0.717, 1.165) is 5.76 Å². The lowest BCUT2D eigenvalue weighted by atomic mass is 10.3. The van der Waals surface area contributed by atoms with Crippen molar-refractivity contribution in [1.29, 1.82) is 0 Å². The van der Waals surface area contributed by atoms with Gasteiger partial charge in [0.2, 0.25) is 0 Å². The summed E-state index contributed by atoms with van der Waals surface area (Å²) in [6.45, 7) is 2.16. The fraction of sp³-hybridized carbons (Fsp3) is 0.182. The van der Waals surface area contributed by atoms with E-state index < -0.39 is 0 Å². The summed E-state index contributed by atoms with van der Waals surface area (Å²) >= 11 is 0. The summed E-state index contributed by atoms with van der Waals surface area (Å²) in [6.07, 6.45) is 0. The molecule has 0 bridgehead atoms. The summed E-state index contributed by atoms with van der Waals surface area (Å²) in [4.78, 5) is 11.6. The van der Waals surface area contributed by atoms with Crippen molar-refractivity contribution in [1.82, 2.24) is 15.5 Å². The van der Waals surface area contributed by atoms with Gasteiger partial charge >= 0.3 is 0 Å². The molecule has 6 nitrogen and oxygen atoms in total. The highest BCUT2D eigenvalue weighted by molar-refractivity contribution is 5.92. The summed E-state index contributed by atoms with van der Waals surface area (Å²) in [5, 5.41) is 9.95. The fourth-order valence-corrected chi connectivity index (χ4v) is 1.30. The highest BCUT2D eigenvalue weighted by Crippen LogP contribution is 2.06. The van der Waals surface area contributed by atoms with Gasteiger partial charge in [-0.05, 0) is 31.2 Å². The van der Waals surface area contributed by atoms with Crippen molar-refractivity contribution in [3.63, 3.8) is 0 Å². The van der Waals surface area contributed by atoms with E-state index in [9.17, 15) is 4.79 Å². The lowest BCUT2D eigenvalue weighted by molar-refractivity contribution is 0.0942. The Morgan fingerprint density at radius 1 is 1.35 bits per heavy atom. The van der Waals surface area contributed by atoms with Gasteiger partial charge in [-0.25, -0.2) is 0 Å². The number of amides is 1. The number of aryl methyl sites for hydroxylation is 1. The summed E-state index contributed by atoms with van der Waals surface area (Å²) < 4.78 is 5.32. The highest BCUT2D eigenvalue weighted by atomic mass is 16.3. The molecule has 0 aliphatic carbocycles. The maximum atomic E-state index is 11.6. The van der Waals surface area contributed by atoms with Gasteiger partial charge in [-0.1, -0.05) is 0 Å². The van der Waals surface area contributed by atoms with Crippen LogP contribution >= 0.6 is 0 Å². The zero-order valence-electron chi connectivity index (χ0n) is 9.30. The van der Waals surface area contributed by atoms with Crippen LogP contribution in [0.1, 0.15) is 22.0 Å². The van der Waals surface area contributed by atoms with Crippen LogP contribution < -0.4 is 11.1 Å². The molecule has 0 saturated carbocycles. The van der Waals surface area contributed by atoms with Crippen LogP contribution in [0.15, 0.2) is 28.7 Å². The molecule has 0 spiro atoms. The Hall–Kier alpha value is -2.37. The Bertz CT molecular complexity index is 519. The van der Waals surface area contributed by atoms with Crippen molar-refractivity contribution in [2.24, 2.45) is 0 Å². The SMILES string of the molecule is Cc1ccc(CNC(=O)c2ccc(N)nn2)o1. The average Bonchev–Trinajstić information content (AvgIpc) is 2.73. The van der Waals surface area contributed by atoms with Crippen LogP contribution in [-0.4, -0.2) is 16.1 Å². The summed E-state index contributed by atoms with van der Waals surface area (Å²) in [5.74, 6) is 1.47. The summed E-state index contributed by atoms with van der Waals surface area (Å²) in [5.41, 5.74) is 5.60. The summed E-state index contributed by atoms with van der Waals surface area (Å²) in [6, 6.07) is 6.69. The Balaban J connectivity index is 1.95. The Morgan fingerprint density at radius 2 is 2.18 bits per heavy atom. The molecule has 6 heteroatoms. The number of carbonyl (C=O) groups is 1. The van der Waals surface area contributed by atoms with Crippen LogP contribution in [0.3, 0.4) is 0 Å². The van der Waals surface area contributed by atoms with E-state index in [2.05, 4.69) is 15.5 Å². The van der Waals surface area contributed by atoms with Crippen LogP contribution in [0.25, 0.3) is 0 Å². The lowest BCUT2D eigenvalue weighted by Gasteiger charge is -2.01. The Morgan fingerprint density at radius 3 is 2.76 bits per heavy atom. The second-order valence-electron chi connectivity index (χ2n) is 3.54. The lowest BCUT2D eigenvalue weighted by Crippen LogP contribution is -2.23. The topological polar surface area (TPSA) is 94.0 Å². The number of nitrogens with two attached hydrogens (primary N) is 1. The number of anilines is 1. The maximum absolute atomic E-state index is 11.6. The molecule has 17 heavy (non-hydrogen) atoms. The standard InChI is InChI=1S/C11H12N4O2/c1-7-2-3-8(17-7)6-13-11(16)9-4-5-10(12)15-14-9/h2-5H,6H2,1H3,(H2,12,15)(H,13,16). The molecule has 2 heterocycles. The van der Waals surface area contributed by atoms with E-state index in [0.29, 0.717) is 12.3 Å². The van der Waals surface area contributed by atoms with Gasteiger partial charge in [0.1, 0.15) is 17.3 Å². The predicted molar refractivity (Wildman–Crippen MR) is 61.1 cm³/mol. The van der Waals surface area contributed by atoms with E-state index in [1.807, 2.05) is 19.1 Å². The number of carbonyl (C=O) groups excluding carboxylic acids is 1. The van der Waals surface area contributed by atoms with Gasteiger partial charge in [0.05, 0.1) is 6.54 Å². The van der Waals surface area contributed by atoms with Gasteiger partial charge in [0.25, 0.3) is 5.91 Å². The third-order valence-corrected chi connectivity index (χ3v) is 2.14. The molecule has 0 unspecified atom stereocenters. The van der Waals surface area contributed by atoms with Crippen LogP contribution in [0, 0.1) is 6.92 Å². The highest BCUT2D eigenvalue weighted by Gasteiger charge is 2.08. The first kappa shape index (κ1) is 11.1. The third-order valence-electron chi connectivity index (χ3n) is 2.14. The molecule has 2 rings (SSSR count). The quantitative estimate of drug-likeness (QED) is 0.819. The maximum Gasteiger partial charge on any atom is 0.272 e. The van der Waals surface area contributed by atoms with E-state index in [1.54, 1.807) is 0 Å². The number of hydrogen-bond donors (Lipinski definition) is 2. The molecule has 2 aromatic heterocycles. The number of furan rings is 1. The Kier molecular flexibility index (Phi) is 3.04. The number of aromatic nitrogens is 2. The van der Waals surface area contributed by atoms with Crippen LogP contribution in [0.2, 0.25) is 0 Å². The van der Waals surface area contributed by atoms with Crippen LogP contribution in [0.4, 0.5) is 5.82 Å². The zero-order valence-corrected chi connectivity index (χ0v) is 9.30. The number of nitrogen functional groups attached to an aromatic ring is 1. The molecule has 0 saturated heterocycles.